The molecule has 0 radical (unpaired) electrons. The van der Waals surface area contributed by atoms with Gasteiger partial charge in [0.2, 0.25) is 0 Å². The highest BCUT2D eigenvalue weighted by Crippen LogP contribution is 2.28. The first-order valence-corrected chi connectivity index (χ1v) is 6.53. The summed E-state index contributed by atoms with van der Waals surface area (Å²) in [4.78, 5) is 10.6. The van der Waals surface area contributed by atoms with E-state index in [1.807, 2.05) is 6.07 Å². The third-order valence-corrected chi connectivity index (χ3v) is 3.41. The van der Waals surface area contributed by atoms with Gasteiger partial charge in [0.1, 0.15) is 5.69 Å². The van der Waals surface area contributed by atoms with Crippen LogP contribution in [0.4, 0.5) is 11.4 Å². The maximum Gasteiger partial charge on any atom is 0.293 e. The van der Waals surface area contributed by atoms with Gasteiger partial charge in [-0.15, -0.1) is 0 Å². The zero-order valence-corrected chi connectivity index (χ0v) is 11.3. The summed E-state index contributed by atoms with van der Waals surface area (Å²) in [7, 11) is 0. The number of anilines is 1. The van der Waals surface area contributed by atoms with Gasteiger partial charge in [0.15, 0.2) is 0 Å². The molecule has 0 atom stereocenters. The number of benzene rings is 1. The number of nitro benzene ring substituents is 1. The van der Waals surface area contributed by atoms with Crippen molar-refractivity contribution in [2.75, 3.05) is 18.5 Å². The largest absolute Gasteiger partial charge is 0.381 e. The maximum absolute atomic E-state index is 11.0. The van der Waals surface area contributed by atoms with Crippen molar-refractivity contribution in [1.29, 1.82) is 0 Å². The molecule has 0 aromatic heterocycles. The number of rotatable bonds is 3. The SMILES string of the molecule is O=[N+]([O-])c1cc(I)ccc1NC1CCOCC1. The first-order chi connectivity index (χ1) is 8.16. The van der Waals surface area contributed by atoms with Crippen molar-refractivity contribution >= 4 is 34.0 Å². The molecular weight excluding hydrogens is 335 g/mol. The molecule has 5 nitrogen and oxygen atoms in total. The Morgan fingerprint density at radius 3 is 2.76 bits per heavy atom. The number of hydrogen-bond donors (Lipinski definition) is 1. The number of nitro groups is 1. The van der Waals surface area contributed by atoms with Crippen LogP contribution >= 0.6 is 22.6 Å². The highest BCUT2D eigenvalue weighted by atomic mass is 127. The average Bonchev–Trinajstić information content (AvgIpc) is 2.32. The third-order valence-electron chi connectivity index (χ3n) is 2.74. The van der Waals surface area contributed by atoms with Gasteiger partial charge in [-0.05, 0) is 47.6 Å². The van der Waals surface area contributed by atoms with E-state index in [1.54, 1.807) is 12.1 Å². The Labute approximate surface area is 113 Å². The molecule has 0 spiro atoms. The molecule has 17 heavy (non-hydrogen) atoms. The van der Waals surface area contributed by atoms with Crippen LogP contribution in [0.25, 0.3) is 0 Å². The lowest BCUT2D eigenvalue weighted by molar-refractivity contribution is -0.384. The molecule has 1 aromatic carbocycles. The highest BCUT2D eigenvalue weighted by molar-refractivity contribution is 14.1. The van der Waals surface area contributed by atoms with Gasteiger partial charge >= 0.3 is 0 Å². The summed E-state index contributed by atoms with van der Waals surface area (Å²) < 4.78 is 6.13. The minimum Gasteiger partial charge on any atom is -0.381 e. The van der Waals surface area contributed by atoms with Crippen LogP contribution in [-0.4, -0.2) is 24.2 Å². The molecule has 1 N–H and O–H groups in total. The van der Waals surface area contributed by atoms with E-state index < -0.39 is 0 Å². The Hall–Kier alpha value is -0.890. The maximum atomic E-state index is 11.0. The van der Waals surface area contributed by atoms with Gasteiger partial charge in [-0.25, -0.2) is 0 Å². The topological polar surface area (TPSA) is 64.4 Å². The quantitative estimate of drug-likeness (QED) is 0.518. The summed E-state index contributed by atoms with van der Waals surface area (Å²) in [5.41, 5.74) is 0.741. The van der Waals surface area contributed by atoms with E-state index in [0.717, 1.165) is 29.6 Å². The first-order valence-electron chi connectivity index (χ1n) is 5.45. The van der Waals surface area contributed by atoms with Crippen LogP contribution in [0.3, 0.4) is 0 Å². The number of ether oxygens (including phenoxy) is 1. The molecule has 1 aliphatic rings. The van der Waals surface area contributed by atoms with Crippen LogP contribution in [0, 0.1) is 13.7 Å². The number of nitrogens with zero attached hydrogens (tertiary/aromatic N) is 1. The van der Waals surface area contributed by atoms with Crippen molar-refractivity contribution in [3.05, 3.63) is 31.9 Å². The smallest absolute Gasteiger partial charge is 0.293 e. The van der Waals surface area contributed by atoms with E-state index in [2.05, 4.69) is 27.9 Å². The molecule has 1 heterocycles. The van der Waals surface area contributed by atoms with Crippen LogP contribution < -0.4 is 5.32 Å². The van der Waals surface area contributed by atoms with E-state index in [-0.39, 0.29) is 16.7 Å². The van der Waals surface area contributed by atoms with Crippen molar-refractivity contribution in [2.45, 2.75) is 18.9 Å². The van der Waals surface area contributed by atoms with Gasteiger partial charge in [-0.3, -0.25) is 10.1 Å². The molecule has 2 rings (SSSR count). The summed E-state index contributed by atoms with van der Waals surface area (Å²) in [6.07, 6.45) is 1.78. The molecule has 0 amide bonds. The second-order valence-electron chi connectivity index (χ2n) is 3.95. The molecule has 1 aromatic rings. The molecule has 92 valence electrons. The lowest BCUT2D eigenvalue weighted by atomic mass is 10.1. The molecular formula is C11H13IN2O3. The van der Waals surface area contributed by atoms with E-state index >= 15 is 0 Å². The fourth-order valence-electron chi connectivity index (χ4n) is 1.84. The van der Waals surface area contributed by atoms with E-state index in [9.17, 15) is 10.1 Å². The molecule has 0 unspecified atom stereocenters. The summed E-state index contributed by atoms with van der Waals surface area (Å²) >= 11 is 2.07. The monoisotopic (exact) mass is 348 g/mol. The molecule has 1 saturated heterocycles. The second-order valence-corrected chi connectivity index (χ2v) is 5.20. The van der Waals surface area contributed by atoms with E-state index in [0.29, 0.717) is 5.69 Å². The average molecular weight is 348 g/mol. The van der Waals surface area contributed by atoms with Gasteiger partial charge in [0, 0.05) is 28.9 Å². The van der Waals surface area contributed by atoms with Gasteiger partial charge in [0.05, 0.1) is 4.92 Å². The minimum absolute atomic E-state index is 0.142. The number of halogens is 1. The molecule has 1 aliphatic heterocycles. The van der Waals surface area contributed by atoms with Crippen LogP contribution in [0.15, 0.2) is 18.2 Å². The molecule has 0 saturated carbocycles. The first kappa shape index (κ1) is 12.6. The van der Waals surface area contributed by atoms with Gasteiger partial charge < -0.3 is 10.1 Å². The van der Waals surface area contributed by atoms with Crippen LogP contribution in [0.2, 0.25) is 0 Å². The summed E-state index contributed by atoms with van der Waals surface area (Å²) in [5, 5.41) is 14.2. The summed E-state index contributed by atoms with van der Waals surface area (Å²) in [6.45, 7) is 1.44. The Balaban J connectivity index is 2.16. The lowest BCUT2D eigenvalue weighted by Gasteiger charge is -2.23. The fourth-order valence-corrected chi connectivity index (χ4v) is 2.31. The standard InChI is InChI=1S/C11H13IN2O3/c12-8-1-2-10(11(7-8)14(15)16)13-9-3-5-17-6-4-9/h1-2,7,9,13H,3-6H2. The Morgan fingerprint density at radius 2 is 2.12 bits per heavy atom. The normalized spacial score (nSPS) is 16.8. The van der Waals surface area contributed by atoms with Gasteiger partial charge in [0.25, 0.3) is 5.69 Å². The predicted octanol–water partition coefficient (Wildman–Crippen LogP) is 2.79. The zero-order valence-electron chi connectivity index (χ0n) is 9.19. The predicted molar refractivity (Wildman–Crippen MR) is 73.3 cm³/mol. The van der Waals surface area contributed by atoms with Crippen molar-refractivity contribution in [1.82, 2.24) is 0 Å². The number of nitrogens with one attached hydrogen (secondary N) is 1. The highest BCUT2D eigenvalue weighted by Gasteiger charge is 2.19. The fraction of sp³-hybridized carbons (Fsp3) is 0.455. The lowest BCUT2D eigenvalue weighted by Crippen LogP contribution is -2.28. The Bertz CT molecular complexity index is 419. The molecule has 0 bridgehead atoms. The molecule has 1 fully saturated rings. The van der Waals surface area contributed by atoms with Crippen LogP contribution in [0.5, 0.6) is 0 Å². The third kappa shape index (κ3) is 3.29. The summed E-state index contributed by atoms with van der Waals surface area (Å²) in [6, 6.07) is 5.50. The van der Waals surface area contributed by atoms with E-state index in [1.165, 1.54) is 0 Å². The van der Waals surface area contributed by atoms with Crippen molar-refractivity contribution in [3.8, 4) is 0 Å². The zero-order chi connectivity index (χ0) is 12.3. The van der Waals surface area contributed by atoms with Gasteiger partial charge in [-0.2, -0.15) is 0 Å². The minimum atomic E-state index is -0.343. The van der Waals surface area contributed by atoms with Crippen LogP contribution in [0.1, 0.15) is 12.8 Å². The molecule has 0 aliphatic carbocycles. The van der Waals surface area contributed by atoms with E-state index in [4.69, 9.17) is 4.74 Å². The number of hydrogen-bond acceptors (Lipinski definition) is 4. The Kier molecular flexibility index (Phi) is 4.16. The summed E-state index contributed by atoms with van der Waals surface area (Å²) in [5.74, 6) is 0. The van der Waals surface area contributed by atoms with Crippen molar-refractivity contribution < 1.29 is 9.66 Å². The van der Waals surface area contributed by atoms with Gasteiger partial charge in [-0.1, -0.05) is 0 Å². The Morgan fingerprint density at radius 1 is 1.41 bits per heavy atom. The van der Waals surface area contributed by atoms with Crippen LogP contribution in [-0.2, 0) is 4.74 Å². The van der Waals surface area contributed by atoms with Crippen molar-refractivity contribution in [3.63, 3.8) is 0 Å². The molecule has 6 heteroatoms. The van der Waals surface area contributed by atoms with Crippen molar-refractivity contribution in [2.24, 2.45) is 0 Å². The second kappa shape index (κ2) is 5.63.